The van der Waals surface area contributed by atoms with E-state index >= 15 is 0 Å². The van der Waals surface area contributed by atoms with E-state index in [2.05, 4.69) is 4.90 Å². The molecular formula is C27H31F3N2O3. The van der Waals surface area contributed by atoms with Gasteiger partial charge in [0.2, 0.25) is 0 Å². The number of hydrogen-bond acceptors (Lipinski definition) is 4. The Labute approximate surface area is 202 Å². The van der Waals surface area contributed by atoms with E-state index in [4.69, 9.17) is 4.74 Å². The number of aliphatic hydroxyl groups is 1. The van der Waals surface area contributed by atoms with Gasteiger partial charge < -0.3 is 14.4 Å². The molecule has 0 saturated carbocycles. The molecule has 5 nitrogen and oxygen atoms in total. The molecular weight excluding hydrogens is 457 g/mol. The molecule has 1 saturated heterocycles. The first kappa shape index (κ1) is 25.4. The van der Waals surface area contributed by atoms with Gasteiger partial charge in [-0.3, -0.25) is 9.69 Å². The van der Waals surface area contributed by atoms with E-state index in [1.165, 1.54) is 16.8 Å². The highest BCUT2D eigenvalue weighted by Gasteiger charge is 2.56. The number of fused-ring (bicyclic) bond motifs is 1. The van der Waals surface area contributed by atoms with Crippen LogP contribution in [0, 0.1) is 0 Å². The van der Waals surface area contributed by atoms with Crippen LogP contribution in [0.2, 0.25) is 0 Å². The summed E-state index contributed by atoms with van der Waals surface area (Å²) in [4.78, 5) is 14.4. The van der Waals surface area contributed by atoms with Crippen molar-refractivity contribution in [2.24, 2.45) is 0 Å². The van der Waals surface area contributed by atoms with E-state index < -0.39 is 30.2 Å². The van der Waals surface area contributed by atoms with Gasteiger partial charge in [-0.15, -0.1) is 0 Å². The lowest BCUT2D eigenvalue weighted by Crippen LogP contribution is -2.52. The summed E-state index contributed by atoms with van der Waals surface area (Å²) in [5, 5.41) is 11.5. The molecule has 35 heavy (non-hydrogen) atoms. The zero-order valence-electron chi connectivity index (χ0n) is 20.0. The lowest BCUT2D eigenvalue weighted by Gasteiger charge is -2.39. The monoisotopic (exact) mass is 488 g/mol. The van der Waals surface area contributed by atoms with Gasteiger partial charge >= 0.3 is 6.18 Å². The number of morpholine rings is 1. The molecule has 1 aliphatic rings. The molecule has 2 aromatic carbocycles. The Morgan fingerprint density at radius 3 is 2.34 bits per heavy atom. The van der Waals surface area contributed by atoms with Gasteiger partial charge in [0.05, 0.1) is 25.3 Å². The van der Waals surface area contributed by atoms with Gasteiger partial charge in [0.25, 0.3) is 0 Å². The highest BCUT2D eigenvalue weighted by molar-refractivity contribution is 5.78. The van der Waals surface area contributed by atoms with Crippen LogP contribution in [-0.4, -0.2) is 52.7 Å². The first-order chi connectivity index (χ1) is 16.5. The maximum absolute atomic E-state index is 14.4. The van der Waals surface area contributed by atoms with Gasteiger partial charge in [-0.2, -0.15) is 13.2 Å². The molecule has 0 amide bonds. The van der Waals surface area contributed by atoms with Gasteiger partial charge in [0.15, 0.2) is 11.0 Å². The van der Waals surface area contributed by atoms with Gasteiger partial charge in [0, 0.05) is 37.3 Å². The fourth-order valence-electron chi connectivity index (χ4n) is 5.07. The summed E-state index contributed by atoms with van der Waals surface area (Å²) in [6.07, 6.45) is -4.10. The largest absolute Gasteiger partial charge is 0.418 e. The Kier molecular flexibility index (Phi) is 7.09. The number of benzene rings is 2. The molecule has 0 aliphatic carbocycles. The maximum atomic E-state index is 14.4. The highest BCUT2D eigenvalue weighted by atomic mass is 19.4. The number of hydrogen-bond donors (Lipinski definition) is 1. The topological polar surface area (TPSA) is 54.7 Å². The number of nitrogens with zero attached hydrogens (tertiary/aromatic N) is 2. The fraction of sp³-hybridized carbons (Fsp3) is 0.444. The maximum Gasteiger partial charge on any atom is 0.418 e. The fourth-order valence-corrected chi connectivity index (χ4v) is 5.07. The molecule has 0 radical (unpaired) electrons. The van der Waals surface area contributed by atoms with Crippen LogP contribution in [0.1, 0.15) is 31.4 Å². The third-order valence-corrected chi connectivity index (χ3v) is 6.82. The first-order valence-corrected chi connectivity index (χ1v) is 11.8. The minimum atomic E-state index is -4.88. The summed E-state index contributed by atoms with van der Waals surface area (Å²) < 4.78 is 50.1. The standard InChI is InChI=1S/C27H31F3N2O3/c1-25(2,22-9-5-3-7-20(22)17-31-13-15-35-16-14-31)18-26(34,27(28,29)30)19-32-12-11-24(33)21-8-4-6-10-23(21)32/h3-12,34H,13-19H2,1-2H3. The quantitative estimate of drug-likeness (QED) is 0.532. The van der Waals surface area contributed by atoms with Crippen molar-refractivity contribution in [3.8, 4) is 0 Å². The van der Waals surface area contributed by atoms with Crippen molar-refractivity contribution in [1.82, 2.24) is 9.47 Å². The number of ether oxygens (including phenoxy) is 1. The van der Waals surface area contributed by atoms with Crippen molar-refractivity contribution >= 4 is 10.9 Å². The van der Waals surface area contributed by atoms with Crippen molar-refractivity contribution in [2.75, 3.05) is 26.3 Å². The Hall–Kier alpha value is -2.68. The van der Waals surface area contributed by atoms with Gasteiger partial charge in [-0.05, 0) is 35.1 Å². The third kappa shape index (κ3) is 5.44. The van der Waals surface area contributed by atoms with Crippen LogP contribution in [0.15, 0.2) is 65.6 Å². The number of rotatable bonds is 7. The molecule has 2 heterocycles. The molecule has 4 rings (SSSR count). The van der Waals surface area contributed by atoms with E-state index in [9.17, 15) is 23.1 Å². The van der Waals surface area contributed by atoms with Gasteiger partial charge in [-0.25, -0.2) is 0 Å². The van der Waals surface area contributed by atoms with E-state index in [1.807, 2.05) is 24.3 Å². The SMILES string of the molecule is CC(C)(CC(O)(Cn1ccc(=O)c2ccccc21)C(F)(F)F)c1ccccc1CN1CCOCC1. The van der Waals surface area contributed by atoms with Crippen LogP contribution in [-0.2, 0) is 23.2 Å². The van der Waals surface area contributed by atoms with Crippen LogP contribution in [0.3, 0.4) is 0 Å². The Balaban J connectivity index is 1.68. The molecule has 1 atom stereocenters. The Bertz CT molecular complexity index is 1230. The van der Waals surface area contributed by atoms with Crippen LogP contribution in [0.4, 0.5) is 13.2 Å². The van der Waals surface area contributed by atoms with Crippen molar-refractivity contribution in [1.29, 1.82) is 0 Å². The predicted molar refractivity (Wildman–Crippen MR) is 129 cm³/mol. The molecule has 1 aliphatic heterocycles. The van der Waals surface area contributed by atoms with Crippen LogP contribution in [0.25, 0.3) is 10.9 Å². The van der Waals surface area contributed by atoms with Crippen molar-refractivity contribution in [3.05, 3.63) is 82.1 Å². The average molecular weight is 489 g/mol. The molecule has 1 N–H and O–H groups in total. The summed E-state index contributed by atoms with van der Waals surface area (Å²) in [5.41, 5.74) is -2.20. The molecule has 0 spiro atoms. The average Bonchev–Trinajstić information content (AvgIpc) is 2.81. The van der Waals surface area contributed by atoms with Gasteiger partial charge in [-0.1, -0.05) is 50.2 Å². The van der Waals surface area contributed by atoms with Crippen LogP contribution in [0.5, 0.6) is 0 Å². The third-order valence-electron chi connectivity index (χ3n) is 6.82. The number of aromatic nitrogens is 1. The summed E-state index contributed by atoms with van der Waals surface area (Å²) in [7, 11) is 0. The minimum Gasteiger partial charge on any atom is -0.379 e. The molecule has 0 bridgehead atoms. The molecule has 1 fully saturated rings. The lowest BCUT2D eigenvalue weighted by molar-refractivity contribution is -0.271. The number of para-hydroxylation sites is 1. The van der Waals surface area contributed by atoms with Gasteiger partial charge in [0.1, 0.15) is 0 Å². The summed E-state index contributed by atoms with van der Waals surface area (Å²) in [6.45, 7) is 6.17. The zero-order chi connectivity index (χ0) is 25.3. The van der Waals surface area contributed by atoms with Crippen LogP contribution >= 0.6 is 0 Å². The molecule has 188 valence electrons. The molecule has 1 unspecified atom stereocenters. The molecule has 1 aromatic heterocycles. The second-order valence-electron chi connectivity index (χ2n) is 9.96. The first-order valence-electron chi connectivity index (χ1n) is 11.8. The van der Waals surface area contributed by atoms with E-state index in [0.29, 0.717) is 30.7 Å². The number of pyridine rings is 1. The summed E-state index contributed by atoms with van der Waals surface area (Å²) in [5.74, 6) is 0. The van der Waals surface area contributed by atoms with Crippen molar-refractivity contribution in [3.63, 3.8) is 0 Å². The van der Waals surface area contributed by atoms with Crippen molar-refractivity contribution in [2.45, 2.75) is 50.6 Å². The van der Waals surface area contributed by atoms with Crippen LogP contribution < -0.4 is 5.43 Å². The molecule has 8 heteroatoms. The Morgan fingerprint density at radius 1 is 0.971 bits per heavy atom. The second kappa shape index (κ2) is 9.76. The minimum absolute atomic E-state index is 0.273. The van der Waals surface area contributed by atoms with E-state index in [-0.39, 0.29) is 5.43 Å². The zero-order valence-corrected chi connectivity index (χ0v) is 20.0. The van der Waals surface area contributed by atoms with E-state index in [0.717, 1.165) is 24.2 Å². The molecule has 3 aromatic rings. The van der Waals surface area contributed by atoms with Crippen molar-refractivity contribution < 1.29 is 23.0 Å². The number of halogens is 3. The highest BCUT2D eigenvalue weighted by Crippen LogP contribution is 2.43. The normalized spacial score (nSPS) is 17.4. The summed E-state index contributed by atoms with van der Waals surface area (Å²) >= 11 is 0. The Morgan fingerprint density at radius 2 is 1.63 bits per heavy atom. The number of alkyl halides is 3. The predicted octanol–water partition coefficient (Wildman–Crippen LogP) is 4.50. The second-order valence-corrected chi connectivity index (χ2v) is 9.96. The lowest BCUT2D eigenvalue weighted by atomic mass is 9.73. The summed E-state index contributed by atoms with van der Waals surface area (Å²) in [6, 6.07) is 15.2. The smallest absolute Gasteiger partial charge is 0.379 e. The van der Waals surface area contributed by atoms with E-state index in [1.54, 1.807) is 38.1 Å².